The average Bonchev–Trinajstić information content (AvgIpc) is 3.77. The Kier molecular flexibility index (Phi) is 3.92. The lowest BCUT2D eigenvalue weighted by atomic mass is 9.84. The minimum atomic E-state index is -0.452. The summed E-state index contributed by atoms with van der Waals surface area (Å²) in [5.41, 5.74) is 5.95. The molecule has 0 saturated heterocycles. The fraction of sp³-hybridized carbons (Fsp3) is 0. The zero-order valence-electron chi connectivity index (χ0n) is 32.2. The summed E-state index contributed by atoms with van der Waals surface area (Å²) in [5.74, 6) is 0. The van der Waals surface area contributed by atoms with E-state index in [2.05, 4.69) is 0 Å². The molecule has 2 heteroatoms. The second-order valence-electron chi connectivity index (χ2n) is 11.4. The monoisotopic (exact) mass is 594 g/mol. The van der Waals surface area contributed by atoms with Gasteiger partial charge < -0.3 is 8.83 Å². The molecule has 0 radical (unpaired) electrons. The average molecular weight is 595 g/mol. The van der Waals surface area contributed by atoms with E-state index >= 15 is 0 Å². The third-order valence-corrected chi connectivity index (χ3v) is 8.91. The van der Waals surface area contributed by atoms with Crippen molar-refractivity contribution in [2.45, 2.75) is 0 Å². The predicted octanol–water partition coefficient (Wildman–Crippen LogP) is 12.8. The third-order valence-electron chi connectivity index (χ3n) is 8.91. The van der Waals surface area contributed by atoms with Crippen LogP contribution in [-0.2, 0) is 0 Å². The number of furan rings is 2. The molecule has 0 saturated carbocycles. The van der Waals surface area contributed by atoms with E-state index in [0.29, 0.717) is 38.8 Å². The van der Waals surface area contributed by atoms with Gasteiger partial charge in [-0.1, -0.05) is 121 Å². The van der Waals surface area contributed by atoms with Gasteiger partial charge in [-0.3, -0.25) is 0 Å². The molecular formula is C44H26O2. The molecule has 214 valence electrons. The molecular weight excluding hydrogens is 560 g/mol. The first kappa shape index (κ1) is 18.6. The van der Waals surface area contributed by atoms with Crippen molar-refractivity contribution in [3.8, 4) is 33.4 Å². The highest BCUT2D eigenvalue weighted by molar-refractivity contribution is 6.26. The van der Waals surface area contributed by atoms with Crippen molar-refractivity contribution in [3.63, 3.8) is 0 Å². The summed E-state index contributed by atoms with van der Waals surface area (Å²) in [4.78, 5) is 0. The van der Waals surface area contributed by atoms with Crippen molar-refractivity contribution >= 4 is 65.4 Å². The Morgan fingerprint density at radius 3 is 1.70 bits per heavy atom. The van der Waals surface area contributed by atoms with Crippen molar-refractivity contribution in [1.29, 1.82) is 0 Å². The zero-order chi connectivity index (χ0) is 37.2. The van der Waals surface area contributed by atoms with Crippen LogP contribution in [0.4, 0.5) is 0 Å². The molecule has 2 nitrogen and oxygen atoms in total. The summed E-state index contributed by atoms with van der Waals surface area (Å²) in [6, 6.07) is 31.2. The number of benzene rings is 8. The SMILES string of the molecule is [2H]c1c([2H])c([2H])c2c(-c3cccc4oc5ccc(-c6ccccc6)cc5c34)c3c([2H])c([2H])c([2H])c([2H])c3c(-c3ccc4oc5ccccc5c4c3)c2c1[2H]. The van der Waals surface area contributed by atoms with E-state index < -0.39 is 24.2 Å². The predicted molar refractivity (Wildman–Crippen MR) is 192 cm³/mol. The van der Waals surface area contributed by atoms with E-state index in [4.69, 9.17) is 14.3 Å². The van der Waals surface area contributed by atoms with Gasteiger partial charge in [0.15, 0.2) is 0 Å². The van der Waals surface area contributed by atoms with Gasteiger partial charge in [-0.05, 0) is 91.3 Å². The molecule has 0 aliphatic carbocycles. The van der Waals surface area contributed by atoms with Crippen LogP contribution in [0, 0.1) is 0 Å². The molecule has 0 amide bonds. The van der Waals surface area contributed by atoms with E-state index in [1.54, 1.807) is 18.2 Å². The van der Waals surface area contributed by atoms with E-state index in [0.717, 1.165) is 27.3 Å². The highest BCUT2D eigenvalue weighted by Crippen LogP contribution is 2.47. The summed E-state index contributed by atoms with van der Waals surface area (Å²) < 4.78 is 85.6. The molecule has 0 spiro atoms. The summed E-state index contributed by atoms with van der Waals surface area (Å²) in [6.45, 7) is 0. The lowest BCUT2D eigenvalue weighted by Gasteiger charge is -2.18. The van der Waals surface area contributed by atoms with E-state index in [1.807, 2.05) is 91.0 Å². The number of hydrogen-bond donors (Lipinski definition) is 0. The van der Waals surface area contributed by atoms with Gasteiger partial charge in [0.05, 0.1) is 11.0 Å². The molecule has 2 aromatic heterocycles. The van der Waals surface area contributed by atoms with E-state index in [-0.39, 0.29) is 56.8 Å². The maximum Gasteiger partial charge on any atom is 0.136 e. The first-order chi connectivity index (χ1) is 26.1. The van der Waals surface area contributed by atoms with Gasteiger partial charge in [0.1, 0.15) is 22.3 Å². The molecule has 2 heterocycles. The van der Waals surface area contributed by atoms with Gasteiger partial charge in [-0.2, -0.15) is 0 Å². The molecule has 0 fully saturated rings. The zero-order valence-corrected chi connectivity index (χ0v) is 24.2. The highest BCUT2D eigenvalue weighted by atomic mass is 16.3. The van der Waals surface area contributed by atoms with Crippen LogP contribution >= 0.6 is 0 Å². The Labute approximate surface area is 276 Å². The summed E-state index contributed by atoms with van der Waals surface area (Å²) >= 11 is 0. The maximum absolute atomic E-state index is 9.44. The molecule has 0 N–H and O–H groups in total. The largest absolute Gasteiger partial charge is 0.456 e. The van der Waals surface area contributed by atoms with Crippen molar-refractivity contribution in [2.75, 3.05) is 0 Å². The van der Waals surface area contributed by atoms with Crippen LogP contribution in [0.5, 0.6) is 0 Å². The molecule has 46 heavy (non-hydrogen) atoms. The van der Waals surface area contributed by atoms with Crippen LogP contribution in [0.2, 0.25) is 0 Å². The van der Waals surface area contributed by atoms with Crippen LogP contribution in [0.3, 0.4) is 0 Å². The van der Waals surface area contributed by atoms with Gasteiger partial charge in [0.25, 0.3) is 0 Å². The van der Waals surface area contributed by atoms with E-state index in [1.165, 1.54) is 0 Å². The lowest BCUT2D eigenvalue weighted by Crippen LogP contribution is -1.91. The van der Waals surface area contributed by atoms with Crippen molar-refractivity contribution in [3.05, 3.63) is 158 Å². The Hall–Kier alpha value is -6.12. The van der Waals surface area contributed by atoms with Crippen LogP contribution in [-0.4, -0.2) is 0 Å². The normalized spacial score (nSPS) is 14.3. The molecule has 0 aliphatic rings. The van der Waals surface area contributed by atoms with Crippen LogP contribution in [0.1, 0.15) is 11.0 Å². The van der Waals surface area contributed by atoms with Crippen LogP contribution in [0.25, 0.3) is 98.8 Å². The number of para-hydroxylation sites is 1. The Morgan fingerprint density at radius 2 is 0.935 bits per heavy atom. The second-order valence-corrected chi connectivity index (χ2v) is 11.4. The molecule has 0 atom stereocenters. The standard InChI is InChI=1S/C44H26O2/c1-2-11-27(12-3-1)28-21-23-40-37(25-28)44-35(18-10-20-41(44)46-40)43-33-16-6-4-14-31(33)42(32-15-5-7-17-34(32)43)29-22-24-39-36(26-29)30-13-8-9-19-38(30)45-39/h1-26H/i4D,5D,6D,7D,14D,15D,16D,17D. The number of fused-ring (bicyclic) bond motifs is 8. The second kappa shape index (κ2) is 9.69. The molecule has 0 aliphatic heterocycles. The van der Waals surface area contributed by atoms with Crippen molar-refractivity contribution < 1.29 is 19.8 Å². The summed E-state index contributed by atoms with van der Waals surface area (Å²) in [5, 5.41) is 3.61. The lowest BCUT2D eigenvalue weighted by molar-refractivity contribution is 0.668. The van der Waals surface area contributed by atoms with Gasteiger partial charge in [0, 0.05) is 21.5 Å². The fourth-order valence-electron chi connectivity index (χ4n) is 6.91. The first-order valence-electron chi connectivity index (χ1n) is 19.0. The van der Waals surface area contributed by atoms with Crippen molar-refractivity contribution in [1.82, 2.24) is 0 Å². The quantitative estimate of drug-likeness (QED) is 0.190. The molecule has 10 aromatic rings. The number of hydrogen-bond acceptors (Lipinski definition) is 2. The Morgan fingerprint density at radius 1 is 0.370 bits per heavy atom. The first-order valence-corrected chi connectivity index (χ1v) is 15.0. The van der Waals surface area contributed by atoms with E-state index in [9.17, 15) is 5.48 Å². The van der Waals surface area contributed by atoms with Crippen LogP contribution in [0.15, 0.2) is 166 Å². The highest BCUT2D eigenvalue weighted by Gasteiger charge is 2.21. The van der Waals surface area contributed by atoms with Gasteiger partial charge in [0.2, 0.25) is 0 Å². The summed E-state index contributed by atoms with van der Waals surface area (Å²) in [6.07, 6.45) is 0. The maximum atomic E-state index is 9.44. The minimum absolute atomic E-state index is 0.145. The Bertz CT molecular complexity index is 3170. The Balaban J connectivity index is 1.44. The van der Waals surface area contributed by atoms with Crippen molar-refractivity contribution in [2.24, 2.45) is 0 Å². The molecule has 10 rings (SSSR count). The molecule has 8 aromatic carbocycles. The topological polar surface area (TPSA) is 26.3 Å². The molecule has 0 unspecified atom stereocenters. The minimum Gasteiger partial charge on any atom is -0.456 e. The smallest absolute Gasteiger partial charge is 0.136 e. The fourth-order valence-corrected chi connectivity index (χ4v) is 6.91. The third kappa shape index (κ3) is 3.65. The molecule has 0 bridgehead atoms. The number of rotatable bonds is 3. The van der Waals surface area contributed by atoms with Gasteiger partial charge >= 0.3 is 0 Å². The van der Waals surface area contributed by atoms with Crippen LogP contribution < -0.4 is 0 Å². The van der Waals surface area contributed by atoms with Gasteiger partial charge in [-0.25, -0.2) is 0 Å². The van der Waals surface area contributed by atoms with Gasteiger partial charge in [-0.15, -0.1) is 0 Å². The summed E-state index contributed by atoms with van der Waals surface area (Å²) in [7, 11) is 0.